The Bertz CT molecular complexity index is 1880. The van der Waals surface area contributed by atoms with Gasteiger partial charge in [0.05, 0.1) is 24.7 Å². The van der Waals surface area contributed by atoms with E-state index in [4.69, 9.17) is 14.2 Å². The first-order chi connectivity index (χ1) is 25.9. The van der Waals surface area contributed by atoms with Crippen LogP contribution in [0, 0.1) is 11.8 Å². The van der Waals surface area contributed by atoms with Crippen molar-refractivity contribution in [3.05, 3.63) is 103 Å². The number of cyclic esters (lactones) is 1. The maximum absolute atomic E-state index is 15.2. The third kappa shape index (κ3) is 7.13. The number of aliphatic hydroxyl groups excluding tert-OH is 1. The summed E-state index contributed by atoms with van der Waals surface area (Å²) in [5.41, 5.74) is -0.0653. The molecule has 3 aromatic carbocycles. The summed E-state index contributed by atoms with van der Waals surface area (Å²) >= 11 is 0. The molecule has 2 N–H and O–H groups in total. The molecule has 0 unspecified atom stereocenters. The van der Waals surface area contributed by atoms with Crippen LogP contribution in [0.1, 0.15) is 50.2 Å². The molecule has 4 aliphatic heterocycles. The number of esters is 1. The molecule has 7 atom stereocenters. The number of aliphatic hydroxyl groups is 1. The van der Waals surface area contributed by atoms with Crippen molar-refractivity contribution >= 4 is 40.2 Å². The Morgan fingerprint density at radius 3 is 2.47 bits per heavy atom. The van der Waals surface area contributed by atoms with Gasteiger partial charge in [0.2, 0.25) is 11.8 Å². The average Bonchev–Trinajstić information content (AvgIpc) is 3.82. The number of carbonyl (C=O) groups excluding carboxylic acids is 4. The largest absolute Gasteiger partial charge is 0.455 e. The van der Waals surface area contributed by atoms with E-state index < -0.39 is 47.7 Å². The van der Waals surface area contributed by atoms with Gasteiger partial charge >= 0.3 is 5.97 Å². The Balaban J connectivity index is 1.31. The minimum atomic E-state index is -1.39. The zero-order valence-electron chi connectivity index (χ0n) is 30.0. The van der Waals surface area contributed by atoms with Gasteiger partial charge in [0.1, 0.15) is 23.7 Å². The average molecular weight is 722 g/mol. The SMILES string of the molecule is COC[C@@H]1NC(=O)CC/C=C\CN(c2ccc3ccccc3c2)C(=O)[C@H]2N(CCCCCCO)C(=O)[C@@H]3[C@@H](C(=O)O[C@H]1c1ccccc1)[C@H]1C=C[C@]32O1. The van der Waals surface area contributed by atoms with Crippen molar-refractivity contribution in [3.63, 3.8) is 0 Å². The van der Waals surface area contributed by atoms with Gasteiger partial charge in [-0.3, -0.25) is 19.2 Å². The number of allylic oxidation sites excluding steroid dienone is 1. The van der Waals surface area contributed by atoms with Crippen molar-refractivity contribution in [2.45, 2.75) is 68.4 Å². The Kier molecular flexibility index (Phi) is 11.0. The highest BCUT2D eigenvalue weighted by Crippen LogP contribution is 2.56. The van der Waals surface area contributed by atoms with Crippen molar-refractivity contribution in [2.24, 2.45) is 11.8 Å². The number of nitrogens with one attached hydrogen (secondary N) is 1. The molecule has 0 radical (unpaired) electrons. The van der Waals surface area contributed by atoms with Crippen LogP contribution >= 0.6 is 0 Å². The fourth-order valence-electron chi connectivity index (χ4n) is 8.42. The molecule has 1 spiro atoms. The number of anilines is 1. The first-order valence-electron chi connectivity index (χ1n) is 18.6. The standard InChI is InChI=1S/C42H47N3O8/c1-51-27-32-37(29-15-6-4-7-16-29)52-41(50)35-33-21-22-42(53-33)36(35)39(48)45(24-11-2-3-13-25-46)38(42)40(49)44(23-12-5-8-18-34(47)43-32)31-20-19-28-14-9-10-17-30(28)26-31/h4-7,9-10,12,14-17,19-22,26,32-33,35-38,46H,2-3,8,11,13,18,23-25,27H2,1H3,(H,43,47)/b12-5-/t32-,33+,35-,36-,37-,38+,42-/m0/s1. The van der Waals surface area contributed by atoms with Crippen LogP contribution in [0.4, 0.5) is 5.69 Å². The first kappa shape index (κ1) is 36.5. The third-order valence-electron chi connectivity index (χ3n) is 10.9. The van der Waals surface area contributed by atoms with E-state index in [0.29, 0.717) is 37.1 Å². The van der Waals surface area contributed by atoms with Gasteiger partial charge in [-0.1, -0.05) is 97.8 Å². The smallest absolute Gasteiger partial charge is 0.313 e. The van der Waals surface area contributed by atoms with Gasteiger partial charge in [-0.15, -0.1) is 0 Å². The minimum Gasteiger partial charge on any atom is -0.455 e. The maximum atomic E-state index is 15.2. The summed E-state index contributed by atoms with van der Waals surface area (Å²) < 4.78 is 18.5. The number of rotatable bonds is 10. The number of unbranched alkanes of at least 4 members (excludes halogenated alkanes) is 3. The number of benzene rings is 3. The number of nitrogens with zero attached hydrogens (tertiary/aromatic N) is 2. The van der Waals surface area contributed by atoms with E-state index >= 15 is 4.79 Å². The third-order valence-corrected chi connectivity index (χ3v) is 10.9. The molecule has 2 fully saturated rings. The van der Waals surface area contributed by atoms with Crippen molar-refractivity contribution in [2.75, 3.05) is 38.3 Å². The molecule has 4 aliphatic rings. The van der Waals surface area contributed by atoms with Gasteiger partial charge < -0.3 is 34.4 Å². The summed E-state index contributed by atoms with van der Waals surface area (Å²) in [6, 6.07) is 21.2. The number of methoxy groups -OCH3 is 1. The summed E-state index contributed by atoms with van der Waals surface area (Å²) in [5.74, 6) is -3.54. The van der Waals surface area contributed by atoms with Crippen LogP contribution in [-0.2, 0) is 33.4 Å². The molecule has 278 valence electrons. The Morgan fingerprint density at radius 2 is 1.68 bits per heavy atom. The molecular weight excluding hydrogens is 674 g/mol. The Labute approximate surface area is 309 Å². The van der Waals surface area contributed by atoms with Crippen LogP contribution in [0.25, 0.3) is 10.8 Å². The molecule has 7 rings (SSSR count). The van der Waals surface area contributed by atoms with Crippen LogP contribution < -0.4 is 10.2 Å². The Morgan fingerprint density at radius 1 is 0.906 bits per heavy atom. The first-order valence-corrected chi connectivity index (χ1v) is 18.6. The van der Waals surface area contributed by atoms with E-state index in [1.807, 2.05) is 91.0 Å². The lowest BCUT2D eigenvalue weighted by Gasteiger charge is -2.36. The highest BCUT2D eigenvalue weighted by atomic mass is 16.6. The monoisotopic (exact) mass is 721 g/mol. The summed E-state index contributed by atoms with van der Waals surface area (Å²) in [6.07, 6.45) is 9.04. The summed E-state index contributed by atoms with van der Waals surface area (Å²) in [5, 5.41) is 14.3. The lowest BCUT2D eigenvalue weighted by molar-refractivity contribution is -0.162. The molecule has 5 bridgehead atoms. The van der Waals surface area contributed by atoms with Crippen LogP contribution in [0.2, 0.25) is 0 Å². The number of fused-ring (bicyclic) bond motifs is 3. The van der Waals surface area contributed by atoms with Crippen LogP contribution in [-0.4, -0.2) is 90.9 Å². The molecule has 2 saturated heterocycles. The molecule has 0 aliphatic carbocycles. The van der Waals surface area contributed by atoms with Gasteiger partial charge in [0.25, 0.3) is 5.91 Å². The fraction of sp³-hybridized carbons (Fsp3) is 0.429. The van der Waals surface area contributed by atoms with Crippen molar-refractivity contribution in [3.8, 4) is 0 Å². The minimum absolute atomic E-state index is 0.0760. The van der Waals surface area contributed by atoms with Gasteiger partial charge in [-0.2, -0.15) is 0 Å². The van der Waals surface area contributed by atoms with E-state index in [1.165, 1.54) is 7.11 Å². The highest BCUT2D eigenvalue weighted by Gasteiger charge is 2.73. The van der Waals surface area contributed by atoms with Gasteiger partial charge in [-0.25, -0.2) is 0 Å². The number of likely N-dealkylation sites (tertiary alicyclic amines) is 1. The molecule has 11 heteroatoms. The number of ether oxygens (including phenoxy) is 3. The number of hydrogen-bond donors (Lipinski definition) is 2. The number of hydrogen-bond acceptors (Lipinski definition) is 8. The second-order valence-corrected chi connectivity index (χ2v) is 14.3. The predicted molar refractivity (Wildman–Crippen MR) is 199 cm³/mol. The normalized spacial score (nSPS) is 29.4. The van der Waals surface area contributed by atoms with Crippen LogP contribution in [0.3, 0.4) is 0 Å². The highest BCUT2D eigenvalue weighted by molar-refractivity contribution is 6.06. The van der Waals surface area contributed by atoms with Crippen molar-refractivity contribution < 1.29 is 38.5 Å². The van der Waals surface area contributed by atoms with E-state index in [0.717, 1.165) is 23.6 Å². The molecular formula is C42H47N3O8. The van der Waals surface area contributed by atoms with Crippen LogP contribution in [0.5, 0.6) is 0 Å². The molecule has 0 saturated carbocycles. The maximum Gasteiger partial charge on any atom is 0.313 e. The summed E-state index contributed by atoms with van der Waals surface area (Å²) in [6.45, 7) is 0.645. The topological polar surface area (TPSA) is 135 Å². The van der Waals surface area contributed by atoms with Crippen molar-refractivity contribution in [1.82, 2.24) is 10.2 Å². The fourth-order valence-corrected chi connectivity index (χ4v) is 8.42. The van der Waals surface area contributed by atoms with E-state index in [-0.39, 0.29) is 43.9 Å². The van der Waals surface area contributed by atoms with E-state index in [2.05, 4.69) is 5.32 Å². The lowest BCUT2D eigenvalue weighted by atomic mass is 9.74. The van der Waals surface area contributed by atoms with Gasteiger partial charge in [0.15, 0.2) is 0 Å². The predicted octanol–water partition coefficient (Wildman–Crippen LogP) is 4.64. The van der Waals surface area contributed by atoms with Gasteiger partial charge in [-0.05, 0) is 47.7 Å². The zero-order chi connectivity index (χ0) is 37.0. The second kappa shape index (κ2) is 16.0. The van der Waals surface area contributed by atoms with Gasteiger partial charge in [0, 0.05) is 38.9 Å². The molecule has 3 amide bonds. The zero-order valence-corrected chi connectivity index (χ0v) is 30.0. The molecule has 11 nitrogen and oxygen atoms in total. The number of amides is 3. The summed E-state index contributed by atoms with van der Waals surface area (Å²) in [4.78, 5) is 61.0. The second-order valence-electron chi connectivity index (χ2n) is 14.3. The molecule has 0 aromatic heterocycles. The van der Waals surface area contributed by atoms with E-state index in [1.54, 1.807) is 15.9 Å². The molecule has 4 heterocycles. The molecule has 53 heavy (non-hydrogen) atoms. The van der Waals surface area contributed by atoms with Crippen molar-refractivity contribution in [1.29, 1.82) is 0 Å². The quantitative estimate of drug-likeness (QED) is 0.176. The van der Waals surface area contributed by atoms with E-state index in [9.17, 15) is 19.5 Å². The summed E-state index contributed by atoms with van der Waals surface area (Å²) in [7, 11) is 1.52. The Hall–Kier alpha value is -4.84. The molecule has 3 aromatic rings. The lowest BCUT2D eigenvalue weighted by Crippen LogP contribution is -2.56. The number of carbonyl (C=O) groups is 4. The van der Waals surface area contributed by atoms with Crippen LogP contribution in [0.15, 0.2) is 97.1 Å².